The maximum Gasteiger partial charge on any atom is 0.250 e. The molecule has 27 heavy (non-hydrogen) atoms. The summed E-state index contributed by atoms with van der Waals surface area (Å²) < 4.78 is 27.9. The first-order chi connectivity index (χ1) is 12.7. The van der Waals surface area contributed by atoms with Crippen LogP contribution in [0.25, 0.3) is 0 Å². The number of piperidine rings is 1. The summed E-state index contributed by atoms with van der Waals surface area (Å²) in [4.78, 5) is 14.5. The molecule has 6 nitrogen and oxygen atoms in total. The number of nitrogens with zero attached hydrogens (tertiary/aromatic N) is 1. The summed E-state index contributed by atoms with van der Waals surface area (Å²) in [6.45, 7) is 11.7. The normalized spacial score (nSPS) is 22.5. The predicted molar refractivity (Wildman–Crippen MR) is 110 cm³/mol. The van der Waals surface area contributed by atoms with Crippen molar-refractivity contribution in [3.05, 3.63) is 17.0 Å². The van der Waals surface area contributed by atoms with Gasteiger partial charge in [0, 0.05) is 31.4 Å². The Hall–Kier alpha value is -0.960. The number of likely N-dealkylation sites (tertiary alicyclic amines) is 1. The van der Waals surface area contributed by atoms with Crippen molar-refractivity contribution in [3.8, 4) is 0 Å². The van der Waals surface area contributed by atoms with E-state index in [0.29, 0.717) is 10.8 Å². The minimum absolute atomic E-state index is 0.129. The van der Waals surface area contributed by atoms with Gasteiger partial charge < -0.3 is 10.2 Å². The van der Waals surface area contributed by atoms with E-state index in [4.69, 9.17) is 0 Å². The lowest BCUT2D eigenvalue weighted by molar-refractivity contribution is -0.119. The third kappa shape index (κ3) is 7.18. The maximum atomic E-state index is 12.4. The molecular formula is C19H33N3O3S2. The van der Waals surface area contributed by atoms with Gasteiger partial charge in [0.2, 0.25) is 15.9 Å². The van der Waals surface area contributed by atoms with Crippen LogP contribution in [0.2, 0.25) is 0 Å². The molecule has 0 spiro atoms. The lowest BCUT2D eigenvalue weighted by atomic mass is 9.92. The van der Waals surface area contributed by atoms with E-state index in [2.05, 4.69) is 28.8 Å². The van der Waals surface area contributed by atoms with Crippen molar-refractivity contribution in [3.63, 3.8) is 0 Å². The third-order valence-corrected chi connectivity index (χ3v) is 8.07. The van der Waals surface area contributed by atoms with Gasteiger partial charge in [0.05, 0.1) is 6.04 Å². The molecule has 1 aliphatic rings. The van der Waals surface area contributed by atoms with Gasteiger partial charge in [0.15, 0.2) is 0 Å². The van der Waals surface area contributed by atoms with Crippen LogP contribution in [-0.2, 0) is 14.8 Å². The Labute approximate surface area is 167 Å². The van der Waals surface area contributed by atoms with Crippen molar-refractivity contribution in [2.75, 3.05) is 26.2 Å². The SMILES string of the molecule is CC(=O)N[C@H](C)c1ccc(S(=O)(=O)NCCCCN2C[C@H](C)C[C@H](C)C2)s1. The molecule has 0 bridgehead atoms. The summed E-state index contributed by atoms with van der Waals surface area (Å²) in [5.41, 5.74) is 0. The van der Waals surface area contributed by atoms with E-state index < -0.39 is 10.0 Å². The number of sulfonamides is 1. The van der Waals surface area contributed by atoms with Gasteiger partial charge in [-0.15, -0.1) is 11.3 Å². The van der Waals surface area contributed by atoms with Crippen molar-refractivity contribution < 1.29 is 13.2 Å². The Morgan fingerprint density at radius 3 is 2.56 bits per heavy atom. The van der Waals surface area contributed by atoms with E-state index in [1.54, 1.807) is 12.1 Å². The van der Waals surface area contributed by atoms with Gasteiger partial charge in [-0.3, -0.25) is 4.79 Å². The second-order valence-electron chi connectivity index (χ2n) is 7.89. The Morgan fingerprint density at radius 1 is 1.26 bits per heavy atom. The quantitative estimate of drug-likeness (QED) is 0.608. The number of hydrogen-bond acceptors (Lipinski definition) is 5. The zero-order chi connectivity index (χ0) is 20.0. The Kier molecular flexibility index (Phi) is 8.27. The number of carbonyl (C=O) groups excluding carboxylic acids is 1. The third-order valence-electron chi connectivity index (χ3n) is 4.85. The van der Waals surface area contributed by atoms with Crippen LogP contribution in [0.15, 0.2) is 16.3 Å². The highest BCUT2D eigenvalue weighted by molar-refractivity contribution is 7.91. The largest absolute Gasteiger partial charge is 0.349 e. The molecule has 1 aliphatic heterocycles. The van der Waals surface area contributed by atoms with Crippen LogP contribution < -0.4 is 10.0 Å². The first kappa shape index (κ1) is 22.3. The van der Waals surface area contributed by atoms with E-state index in [1.807, 2.05) is 6.92 Å². The minimum atomic E-state index is -3.48. The molecule has 0 aliphatic carbocycles. The Balaban J connectivity index is 1.75. The minimum Gasteiger partial charge on any atom is -0.349 e. The topological polar surface area (TPSA) is 78.5 Å². The van der Waals surface area contributed by atoms with E-state index >= 15 is 0 Å². The zero-order valence-electron chi connectivity index (χ0n) is 16.8. The Bertz CT molecular complexity index is 708. The van der Waals surface area contributed by atoms with Crippen molar-refractivity contribution in [2.45, 2.75) is 57.2 Å². The molecule has 154 valence electrons. The molecule has 8 heteroatoms. The predicted octanol–water partition coefficient (Wildman–Crippen LogP) is 2.98. The van der Waals surface area contributed by atoms with Gasteiger partial charge in [-0.05, 0) is 56.7 Å². The molecule has 1 fully saturated rings. The van der Waals surface area contributed by atoms with E-state index in [0.717, 1.165) is 49.2 Å². The maximum absolute atomic E-state index is 12.4. The second-order valence-corrected chi connectivity index (χ2v) is 11.0. The fraction of sp³-hybridized carbons (Fsp3) is 0.737. The van der Waals surface area contributed by atoms with Gasteiger partial charge >= 0.3 is 0 Å². The van der Waals surface area contributed by atoms with Gasteiger partial charge in [-0.25, -0.2) is 13.1 Å². The molecule has 1 amide bonds. The van der Waals surface area contributed by atoms with E-state index in [-0.39, 0.29) is 11.9 Å². The molecule has 0 unspecified atom stereocenters. The molecule has 2 N–H and O–H groups in total. The summed E-state index contributed by atoms with van der Waals surface area (Å²) in [5, 5.41) is 2.77. The highest BCUT2D eigenvalue weighted by Crippen LogP contribution is 2.26. The molecule has 0 saturated carbocycles. The van der Waals surface area contributed by atoms with E-state index in [1.165, 1.54) is 24.7 Å². The summed E-state index contributed by atoms with van der Waals surface area (Å²) in [6.07, 6.45) is 3.13. The average Bonchev–Trinajstić information content (AvgIpc) is 3.04. The molecular weight excluding hydrogens is 382 g/mol. The van der Waals surface area contributed by atoms with Gasteiger partial charge in [-0.2, -0.15) is 0 Å². The first-order valence-corrected chi connectivity index (χ1v) is 12.1. The van der Waals surface area contributed by atoms with Crippen LogP contribution >= 0.6 is 11.3 Å². The fourth-order valence-corrected chi connectivity index (χ4v) is 6.25. The van der Waals surface area contributed by atoms with Crippen LogP contribution in [0, 0.1) is 11.8 Å². The fourth-order valence-electron chi connectivity index (χ4n) is 3.80. The summed E-state index contributed by atoms with van der Waals surface area (Å²) in [6, 6.07) is 3.18. The number of thiophene rings is 1. The van der Waals surface area contributed by atoms with Gasteiger partial charge in [-0.1, -0.05) is 13.8 Å². The molecule has 2 heterocycles. The highest BCUT2D eigenvalue weighted by Gasteiger charge is 2.21. The molecule has 1 aromatic rings. The Morgan fingerprint density at radius 2 is 1.93 bits per heavy atom. The van der Waals surface area contributed by atoms with Crippen LogP contribution in [-0.4, -0.2) is 45.4 Å². The number of amides is 1. The molecule has 0 radical (unpaired) electrons. The van der Waals surface area contributed by atoms with Crippen LogP contribution in [0.3, 0.4) is 0 Å². The highest BCUT2D eigenvalue weighted by atomic mass is 32.2. The molecule has 3 atom stereocenters. The summed E-state index contributed by atoms with van der Waals surface area (Å²) in [5.74, 6) is 1.37. The molecule has 1 aromatic heterocycles. The first-order valence-electron chi connectivity index (χ1n) is 9.76. The average molecular weight is 416 g/mol. The lowest BCUT2D eigenvalue weighted by Gasteiger charge is -2.34. The van der Waals surface area contributed by atoms with Crippen molar-refractivity contribution in [1.82, 2.24) is 14.9 Å². The molecule has 2 rings (SSSR count). The monoisotopic (exact) mass is 415 g/mol. The van der Waals surface area contributed by atoms with Crippen molar-refractivity contribution in [2.24, 2.45) is 11.8 Å². The van der Waals surface area contributed by atoms with Crippen LogP contribution in [0.4, 0.5) is 0 Å². The summed E-state index contributed by atoms with van der Waals surface area (Å²) in [7, 11) is -3.48. The smallest absolute Gasteiger partial charge is 0.250 e. The zero-order valence-corrected chi connectivity index (χ0v) is 18.5. The second kappa shape index (κ2) is 10.0. The number of unbranched alkanes of at least 4 members (excludes halogenated alkanes) is 1. The van der Waals surface area contributed by atoms with Crippen molar-refractivity contribution in [1.29, 1.82) is 0 Å². The van der Waals surface area contributed by atoms with Crippen molar-refractivity contribution >= 4 is 27.3 Å². The number of rotatable bonds is 9. The van der Waals surface area contributed by atoms with Gasteiger partial charge in [0.25, 0.3) is 0 Å². The standard InChI is InChI=1S/C19H33N3O3S2/c1-14-11-15(2)13-22(12-14)10-6-5-9-20-27(24,25)19-8-7-18(26-19)16(3)21-17(4)23/h7-8,14-16,20H,5-6,9-13H2,1-4H3,(H,21,23)/t14-,15+,16-/m1/s1. The number of nitrogens with one attached hydrogen (secondary N) is 2. The number of hydrogen-bond donors (Lipinski definition) is 2. The summed E-state index contributed by atoms with van der Waals surface area (Å²) >= 11 is 1.20. The van der Waals surface area contributed by atoms with Crippen LogP contribution in [0.1, 0.15) is 57.9 Å². The lowest BCUT2D eigenvalue weighted by Crippen LogP contribution is -2.39. The molecule has 1 saturated heterocycles. The van der Waals surface area contributed by atoms with Gasteiger partial charge in [0.1, 0.15) is 4.21 Å². The van der Waals surface area contributed by atoms with E-state index in [9.17, 15) is 13.2 Å². The molecule has 0 aromatic carbocycles. The van der Waals surface area contributed by atoms with Crippen LogP contribution in [0.5, 0.6) is 0 Å². The number of carbonyl (C=O) groups is 1.